The maximum Gasteiger partial charge on any atom is 0.162 e. The van der Waals surface area contributed by atoms with Gasteiger partial charge in [-0.2, -0.15) is 0 Å². The molecule has 0 N–H and O–H groups in total. The van der Waals surface area contributed by atoms with Crippen LogP contribution >= 0.6 is 11.8 Å². The van der Waals surface area contributed by atoms with Crippen LogP contribution < -0.4 is 9.47 Å². The quantitative estimate of drug-likeness (QED) is 0.764. The average Bonchev–Trinajstić information content (AvgIpc) is 3.11. The van der Waals surface area contributed by atoms with Crippen molar-refractivity contribution in [2.75, 3.05) is 26.3 Å². The van der Waals surface area contributed by atoms with Gasteiger partial charge in [0.05, 0.1) is 0 Å². The molecule has 0 aliphatic carbocycles. The van der Waals surface area contributed by atoms with Gasteiger partial charge < -0.3 is 14.4 Å². The van der Waals surface area contributed by atoms with Gasteiger partial charge in [-0.25, -0.2) is 0 Å². The summed E-state index contributed by atoms with van der Waals surface area (Å²) in [6.45, 7) is 3.49. The molecule has 1 atom stereocenters. The monoisotopic (exact) mass is 339 g/mol. The lowest BCUT2D eigenvalue weighted by Crippen LogP contribution is -2.15. The first-order valence-electron chi connectivity index (χ1n) is 8.40. The lowest BCUT2D eigenvalue weighted by molar-refractivity contribution is 0.171. The lowest BCUT2D eigenvalue weighted by atomic mass is 9.99. The van der Waals surface area contributed by atoms with Crippen LogP contribution in [0.2, 0.25) is 0 Å². The molecule has 0 spiro atoms. The largest absolute Gasteiger partial charge is 0.486 e. The highest BCUT2D eigenvalue weighted by Crippen LogP contribution is 2.34. The number of hydrogen-bond acceptors (Lipinski definition) is 4. The maximum absolute atomic E-state index is 5.63. The van der Waals surface area contributed by atoms with E-state index in [4.69, 9.17) is 9.47 Å². The third kappa shape index (κ3) is 3.54. The second kappa shape index (κ2) is 7.22. The van der Waals surface area contributed by atoms with Crippen molar-refractivity contribution in [2.45, 2.75) is 17.2 Å². The SMILES string of the molecule is C(=C\N1CCC(c2ccccc2)C1)/Sc1ccc2c(c1)OCCO2. The molecule has 1 saturated heterocycles. The molecule has 24 heavy (non-hydrogen) atoms. The molecule has 2 aromatic rings. The Kier molecular flexibility index (Phi) is 4.65. The van der Waals surface area contributed by atoms with Crippen LogP contribution in [0.25, 0.3) is 0 Å². The molecule has 2 aliphatic heterocycles. The van der Waals surface area contributed by atoms with Crippen molar-refractivity contribution in [2.24, 2.45) is 0 Å². The summed E-state index contributed by atoms with van der Waals surface area (Å²) in [6.07, 6.45) is 3.44. The maximum atomic E-state index is 5.63. The fourth-order valence-electron chi connectivity index (χ4n) is 3.21. The van der Waals surface area contributed by atoms with Gasteiger partial charge in [-0.3, -0.25) is 0 Å². The van der Waals surface area contributed by atoms with Gasteiger partial charge >= 0.3 is 0 Å². The molecule has 2 aliphatic rings. The van der Waals surface area contributed by atoms with Crippen molar-refractivity contribution < 1.29 is 9.47 Å². The van der Waals surface area contributed by atoms with Gasteiger partial charge in [0.25, 0.3) is 0 Å². The van der Waals surface area contributed by atoms with E-state index in [1.54, 1.807) is 11.8 Å². The minimum atomic E-state index is 0.631. The second-order valence-corrected chi connectivity index (χ2v) is 7.08. The van der Waals surface area contributed by atoms with E-state index in [1.165, 1.54) is 16.9 Å². The number of ether oxygens (including phenoxy) is 2. The molecule has 0 bridgehead atoms. The predicted octanol–water partition coefficient (Wildman–Crippen LogP) is 4.51. The van der Waals surface area contributed by atoms with Crippen molar-refractivity contribution in [1.82, 2.24) is 4.90 Å². The standard InChI is InChI=1S/C20H21NO2S/c1-2-4-16(5-3-1)17-8-9-21(15-17)10-13-24-18-6-7-19-20(14-18)23-12-11-22-19/h1-7,10,13-14,17H,8-9,11-12,15H2/b13-10+. The van der Waals surface area contributed by atoms with Crippen LogP contribution in [0.3, 0.4) is 0 Å². The van der Waals surface area contributed by atoms with E-state index in [0.717, 1.165) is 24.6 Å². The van der Waals surface area contributed by atoms with Crippen LogP contribution in [0, 0.1) is 0 Å². The number of likely N-dealkylation sites (tertiary alicyclic amines) is 1. The van der Waals surface area contributed by atoms with Crippen molar-refractivity contribution in [3.63, 3.8) is 0 Å². The Morgan fingerprint density at radius 1 is 1.00 bits per heavy atom. The molecule has 4 heteroatoms. The van der Waals surface area contributed by atoms with E-state index < -0.39 is 0 Å². The number of benzene rings is 2. The molecular formula is C20H21NO2S. The van der Waals surface area contributed by atoms with Crippen LogP contribution in [0.1, 0.15) is 17.9 Å². The summed E-state index contributed by atoms with van der Waals surface area (Å²) >= 11 is 1.72. The predicted molar refractivity (Wildman–Crippen MR) is 97.8 cm³/mol. The van der Waals surface area contributed by atoms with E-state index in [2.05, 4.69) is 59.0 Å². The van der Waals surface area contributed by atoms with E-state index in [1.807, 2.05) is 6.07 Å². The third-order valence-electron chi connectivity index (χ3n) is 4.48. The first kappa shape index (κ1) is 15.5. The molecule has 1 unspecified atom stereocenters. The zero-order valence-electron chi connectivity index (χ0n) is 13.6. The molecule has 0 saturated carbocycles. The minimum Gasteiger partial charge on any atom is -0.486 e. The van der Waals surface area contributed by atoms with Crippen LogP contribution in [-0.4, -0.2) is 31.2 Å². The van der Waals surface area contributed by atoms with Crippen molar-refractivity contribution in [3.8, 4) is 11.5 Å². The fraction of sp³-hybridized carbons (Fsp3) is 0.300. The van der Waals surface area contributed by atoms with E-state index in [0.29, 0.717) is 19.1 Å². The number of hydrogen-bond donors (Lipinski definition) is 0. The van der Waals surface area contributed by atoms with Crippen molar-refractivity contribution >= 4 is 11.8 Å². The summed E-state index contributed by atoms with van der Waals surface area (Å²) in [5, 5.41) is 2.17. The smallest absolute Gasteiger partial charge is 0.162 e. The van der Waals surface area contributed by atoms with Crippen LogP contribution in [-0.2, 0) is 0 Å². The van der Waals surface area contributed by atoms with Crippen LogP contribution in [0.5, 0.6) is 11.5 Å². The number of fused-ring (bicyclic) bond motifs is 1. The minimum absolute atomic E-state index is 0.631. The van der Waals surface area contributed by atoms with Gasteiger partial charge in [0, 0.05) is 30.1 Å². The Morgan fingerprint density at radius 3 is 2.71 bits per heavy atom. The summed E-state index contributed by atoms with van der Waals surface area (Å²) in [6, 6.07) is 17.0. The molecule has 4 rings (SSSR count). The first-order valence-corrected chi connectivity index (χ1v) is 9.28. The Balaban J connectivity index is 1.33. The third-order valence-corrected chi connectivity index (χ3v) is 5.26. The second-order valence-electron chi connectivity index (χ2n) is 6.10. The summed E-state index contributed by atoms with van der Waals surface area (Å²) in [4.78, 5) is 3.58. The molecule has 0 amide bonds. The van der Waals surface area contributed by atoms with Crippen molar-refractivity contribution in [3.05, 3.63) is 65.7 Å². The number of nitrogens with zero attached hydrogens (tertiary/aromatic N) is 1. The number of rotatable bonds is 4. The summed E-state index contributed by atoms with van der Waals surface area (Å²) in [7, 11) is 0. The Labute approximate surface area is 147 Å². The van der Waals surface area contributed by atoms with Gasteiger partial charge in [-0.1, -0.05) is 42.1 Å². The summed E-state index contributed by atoms with van der Waals surface area (Å²) in [5.74, 6) is 2.35. The van der Waals surface area contributed by atoms with Gasteiger partial charge in [-0.05, 0) is 35.6 Å². The van der Waals surface area contributed by atoms with Gasteiger partial charge in [0.1, 0.15) is 13.2 Å². The van der Waals surface area contributed by atoms with Gasteiger partial charge in [0.2, 0.25) is 0 Å². The molecular weight excluding hydrogens is 318 g/mol. The van der Waals surface area contributed by atoms with Crippen LogP contribution in [0.4, 0.5) is 0 Å². The van der Waals surface area contributed by atoms with Crippen molar-refractivity contribution in [1.29, 1.82) is 0 Å². The Hall–Kier alpha value is -2.07. The summed E-state index contributed by atoms with van der Waals surface area (Å²) in [5.41, 5.74) is 1.45. The molecule has 2 aromatic carbocycles. The van der Waals surface area contributed by atoms with Crippen LogP contribution in [0.15, 0.2) is 65.0 Å². The van der Waals surface area contributed by atoms with Gasteiger partial charge in [-0.15, -0.1) is 0 Å². The molecule has 0 radical (unpaired) electrons. The summed E-state index contributed by atoms with van der Waals surface area (Å²) < 4.78 is 11.2. The lowest BCUT2D eigenvalue weighted by Gasteiger charge is -2.18. The Morgan fingerprint density at radius 2 is 1.83 bits per heavy atom. The highest BCUT2D eigenvalue weighted by molar-refractivity contribution is 8.02. The Bertz CT molecular complexity index is 717. The molecule has 1 fully saturated rings. The first-order chi connectivity index (χ1) is 11.9. The van der Waals surface area contributed by atoms with E-state index in [-0.39, 0.29) is 0 Å². The molecule has 124 valence electrons. The molecule has 2 heterocycles. The van der Waals surface area contributed by atoms with E-state index in [9.17, 15) is 0 Å². The molecule has 0 aromatic heterocycles. The van der Waals surface area contributed by atoms with E-state index >= 15 is 0 Å². The highest BCUT2D eigenvalue weighted by Gasteiger charge is 2.21. The van der Waals surface area contributed by atoms with Gasteiger partial charge in [0.15, 0.2) is 11.5 Å². The normalized spacial score (nSPS) is 19.8. The highest BCUT2D eigenvalue weighted by atomic mass is 32.2. The number of thioether (sulfide) groups is 1. The zero-order chi connectivity index (χ0) is 16.2. The zero-order valence-corrected chi connectivity index (χ0v) is 14.4. The molecule has 3 nitrogen and oxygen atoms in total. The average molecular weight is 339 g/mol. The fourth-order valence-corrected chi connectivity index (χ4v) is 3.92. The topological polar surface area (TPSA) is 21.7 Å².